The molecule has 0 aliphatic rings. The molecule has 6 nitrogen and oxygen atoms in total. The van der Waals surface area contributed by atoms with Gasteiger partial charge in [0, 0.05) is 33.9 Å². The van der Waals surface area contributed by atoms with E-state index in [1.54, 1.807) is 28.2 Å². The molecule has 0 unspecified atom stereocenters. The molecule has 6 heteroatoms. The second-order valence-corrected chi connectivity index (χ2v) is 4.16. The summed E-state index contributed by atoms with van der Waals surface area (Å²) in [4.78, 5) is 22.0. The van der Waals surface area contributed by atoms with Gasteiger partial charge in [0.1, 0.15) is 0 Å². The van der Waals surface area contributed by atoms with Crippen LogP contribution in [0.1, 0.15) is 5.56 Å². The Morgan fingerprint density at radius 2 is 1.53 bits per heavy atom. The number of hydrogen-bond acceptors (Lipinski definition) is 3. The van der Waals surface area contributed by atoms with E-state index in [1.165, 1.54) is 9.80 Å². The van der Waals surface area contributed by atoms with Gasteiger partial charge >= 0.3 is 6.03 Å². The first-order valence-corrected chi connectivity index (χ1v) is 5.62. The number of hydrogen-bond donors (Lipinski definition) is 2. The Labute approximate surface area is 115 Å². The van der Waals surface area contributed by atoms with Crippen LogP contribution in [0, 0.1) is 6.92 Å². The normalized spacial score (nSPS) is 8.05. The zero-order valence-electron chi connectivity index (χ0n) is 12.3. The number of anilines is 1. The van der Waals surface area contributed by atoms with Gasteiger partial charge in [0.15, 0.2) is 0 Å². The molecule has 0 heterocycles. The summed E-state index contributed by atoms with van der Waals surface area (Å²) in [6.07, 6.45) is 0.750. The van der Waals surface area contributed by atoms with E-state index in [9.17, 15) is 9.59 Å². The number of nitrogen functional groups attached to an aromatic ring is 1. The highest BCUT2D eigenvalue weighted by Gasteiger charge is 1.88. The number of carbonyl (C=O) groups is 2. The van der Waals surface area contributed by atoms with Crippen LogP contribution in [0.15, 0.2) is 24.3 Å². The average Bonchev–Trinajstić information content (AvgIpc) is 2.34. The number of benzene rings is 1. The van der Waals surface area contributed by atoms with Gasteiger partial charge in [0.05, 0.1) is 0 Å². The number of urea groups is 1. The van der Waals surface area contributed by atoms with Crippen LogP contribution >= 0.6 is 0 Å². The van der Waals surface area contributed by atoms with E-state index in [-0.39, 0.29) is 0 Å². The molecule has 1 rings (SSSR count). The molecule has 0 saturated heterocycles. The number of rotatable bonds is 1. The SMILES string of the molecule is CN(C)C(N)=O.CN(C)C=O.Cc1ccccc1N. The molecule has 3 amide bonds. The molecule has 19 heavy (non-hydrogen) atoms. The van der Waals surface area contributed by atoms with Crippen LogP contribution < -0.4 is 11.5 Å². The second kappa shape index (κ2) is 10.9. The Kier molecular flexibility index (Phi) is 10.9. The van der Waals surface area contributed by atoms with Gasteiger partial charge in [-0.2, -0.15) is 0 Å². The van der Waals surface area contributed by atoms with Gasteiger partial charge < -0.3 is 21.3 Å². The quantitative estimate of drug-likeness (QED) is 0.585. The molecule has 0 aliphatic carbocycles. The minimum atomic E-state index is -0.407. The maximum atomic E-state index is 9.85. The molecule has 0 spiro atoms. The van der Waals surface area contributed by atoms with E-state index in [1.807, 2.05) is 31.2 Å². The van der Waals surface area contributed by atoms with Crippen molar-refractivity contribution < 1.29 is 9.59 Å². The van der Waals surface area contributed by atoms with E-state index in [2.05, 4.69) is 0 Å². The van der Waals surface area contributed by atoms with Gasteiger partial charge in [-0.25, -0.2) is 4.79 Å². The molecule has 0 fully saturated rings. The summed E-state index contributed by atoms with van der Waals surface area (Å²) in [6, 6.07) is 7.40. The van der Waals surface area contributed by atoms with E-state index in [4.69, 9.17) is 11.5 Å². The second-order valence-electron chi connectivity index (χ2n) is 4.16. The highest BCUT2D eigenvalue weighted by molar-refractivity contribution is 5.71. The molecule has 1 aromatic carbocycles. The van der Waals surface area contributed by atoms with Gasteiger partial charge in [-0.05, 0) is 18.6 Å². The summed E-state index contributed by atoms with van der Waals surface area (Å²) < 4.78 is 0. The maximum absolute atomic E-state index is 9.85. The zero-order chi connectivity index (χ0) is 15.4. The monoisotopic (exact) mass is 268 g/mol. The number of amides is 3. The minimum Gasteiger partial charge on any atom is -0.399 e. The fraction of sp³-hybridized carbons (Fsp3) is 0.385. The van der Waals surface area contributed by atoms with Crippen LogP contribution in [-0.2, 0) is 4.79 Å². The summed E-state index contributed by atoms with van der Waals surface area (Å²) in [6.45, 7) is 2.00. The van der Waals surface area contributed by atoms with Crippen molar-refractivity contribution in [2.24, 2.45) is 5.73 Å². The first kappa shape index (κ1) is 19.1. The lowest BCUT2D eigenvalue weighted by atomic mass is 10.2. The van der Waals surface area contributed by atoms with Crippen LogP contribution in [0.2, 0.25) is 0 Å². The van der Waals surface area contributed by atoms with Crippen molar-refractivity contribution in [3.8, 4) is 0 Å². The summed E-state index contributed by atoms with van der Waals surface area (Å²) >= 11 is 0. The van der Waals surface area contributed by atoms with Crippen molar-refractivity contribution >= 4 is 18.1 Å². The topological polar surface area (TPSA) is 92.7 Å². The maximum Gasteiger partial charge on any atom is 0.314 e. The molecule has 0 atom stereocenters. The summed E-state index contributed by atoms with van der Waals surface area (Å²) in [5.74, 6) is 0. The van der Waals surface area contributed by atoms with Gasteiger partial charge in [-0.1, -0.05) is 18.2 Å². The molecule has 0 aliphatic heterocycles. The molecule has 1 aromatic rings. The van der Waals surface area contributed by atoms with E-state index in [0.29, 0.717) is 0 Å². The Balaban J connectivity index is 0. The Hall–Kier alpha value is -2.24. The van der Waals surface area contributed by atoms with Crippen molar-refractivity contribution in [2.75, 3.05) is 33.9 Å². The Morgan fingerprint density at radius 1 is 1.16 bits per heavy atom. The lowest BCUT2D eigenvalue weighted by Crippen LogP contribution is -2.27. The molecular weight excluding hydrogens is 244 g/mol. The highest BCUT2D eigenvalue weighted by Crippen LogP contribution is 2.06. The van der Waals surface area contributed by atoms with E-state index >= 15 is 0 Å². The molecule has 4 N–H and O–H groups in total. The average molecular weight is 268 g/mol. The number of carbonyl (C=O) groups excluding carboxylic acids is 2. The van der Waals surface area contributed by atoms with Crippen LogP contribution in [-0.4, -0.2) is 50.4 Å². The number of nitrogens with zero attached hydrogens (tertiary/aromatic N) is 2. The van der Waals surface area contributed by atoms with Gasteiger partial charge in [0.25, 0.3) is 0 Å². The van der Waals surface area contributed by atoms with Crippen molar-refractivity contribution in [1.29, 1.82) is 0 Å². The first-order chi connectivity index (χ1) is 8.72. The van der Waals surface area contributed by atoms with Crippen LogP contribution in [0.4, 0.5) is 10.5 Å². The van der Waals surface area contributed by atoms with E-state index < -0.39 is 6.03 Å². The largest absolute Gasteiger partial charge is 0.399 e. The molecule has 108 valence electrons. The van der Waals surface area contributed by atoms with E-state index in [0.717, 1.165) is 17.7 Å². The predicted molar refractivity (Wildman–Crippen MR) is 78.6 cm³/mol. The molecular formula is C13H24N4O2. The number of primary amides is 1. The standard InChI is InChI=1S/C7H9N.C3H8N2O.C3H7NO/c1-6-4-2-3-5-7(6)8;1-5(2)3(4)6;1-4(2)3-5/h2-5H,8H2,1H3;1-2H3,(H2,4,6);3H,1-2H3. The molecule has 0 saturated carbocycles. The number of aryl methyl sites for hydroxylation is 1. The third-order valence-corrected chi connectivity index (χ3v) is 1.84. The lowest BCUT2D eigenvalue weighted by Gasteiger charge is -2.01. The predicted octanol–water partition coefficient (Wildman–Crippen LogP) is 0.908. The van der Waals surface area contributed by atoms with Crippen LogP contribution in [0.5, 0.6) is 0 Å². The lowest BCUT2D eigenvalue weighted by molar-refractivity contribution is -0.115. The van der Waals surface area contributed by atoms with Gasteiger partial charge in [-0.15, -0.1) is 0 Å². The van der Waals surface area contributed by atoms with Crippen molar-refractivity contribution in [2.45, 2.75) is 6.92 Å². The molecule has 0 radical (unpaired) electrons. The van der Waals surface area contributed by atoms with Gasteiger partial charge in [0.2, 0.25) is 6.41 Å². The smallest absolute Gasteiger partial charge is 0.314 e. The Morgan fingerprint density at radius 3 is 1.68 bits per heavy atom. The fourth-order valence-corrected chi connectivity index (χ4v) is 0.587. The van der Waals surface area contributed by atoms with Crippen LogP contribution in [0.3, 0.4) is 0 Å². The summed E-state index contributed by atoms with van der Waals surface area (Å²) in [5.41, 5.74) is 12.3. The first-order valence-electron chi connectivity index (χ1n) is 5.62. The van der Waals surface area contributed by atoms with Crippen molar-refractivity contribution in [3.05, 3.63) is 29.8 Å². The fourth-order valence-electron chi connectivity index (χ4n) is 0.587. The van der Waals surface area contributed by atoms with Gasteiger partial charge in [-0.3, -0.25) is 4.79 Å². The van der Waals surface area contributed by atoms with Crippen LogP contribution in [0.25, 0.3) is 0 Å². The summed E-state index contributed by atoms with van der Waals surface area (Å²) in [7, 11) is 6.57. The number of nitrogens with two attached hydrogens (primary N) is 2. The molecule has 0 bridgehead atoms. The third-order valence-electron chi connectivity index (χ3n) is 1.84. The zero-order valence-corrected chi connectivity index (χ0v) is 12.3. The summed E-state index contributed by atoms with van der Waals surface area (Å²) in [5, 5.41) is 0. The Bertz CT molecular complexity index is 358. The number of para-hydroxylation sites is 1. The molecule has 0 aromatic heterocycles. The third kappa shape index (κ3) is 13.7. The van der Waals surface area contributed by atoms with Crippen molar-refractivity contribution in [1.82, 2.24) is 9.80 Å². The van der Waals surface area contributed by atoms with Crippen molar-refractivity contribution in [3.63, 3.8) is 0 Å². The highest BCUT2D eigenvalue weighted by atomic mass is 16.2. The minimum absolute atomic E-state index is 0.407.